The maximum absolute atomic E-state index is 12.6. The van der Waals surface area contributed by atoms with E-state index in [0.717, 1.165) is 25.7 Å². The number of nitrogens with zero attached hydrogens (tertiary/aromatic N) is 3. The van der Waals surface area contributed by atoms with Gasteiger partial charge in [-0.15, -0.1) is 0 Å². The molecule has 2 amide bonds. The van der Waals surface area contributed by atoms with Crippen molar-refractivity contribution in [1.29, 1.82) is 0 Å². The number of amides is 2. The standard InChI is InChI=1S/C17H22N4O4/c18-17(7-1-2-8-17)16(23)20-11-9-19(10-12-20)15(22)13-3-5-14(6-4-13)21(24)25/h3-6H,1-2,7-12,18H2. The van der Waals surface area contributed by atoms with Crippen molar-refractivity contribution in [2.75, 3.05) is 26.2 Å². The number of nitro groups is 1. The first-order chi connectivity index (χ1) is 11.9. The quantitative estimate of drug-likeness (QED) is 0.652. The van der Waals surface area contributed by atoms with E-state index in [2.05, 4.69) is 0 Å². The Labute approximate surface area is 145 Å². The lowest BCUT2D eigenvalue weighted by Gasteiger charge is -2.38. The number of nitrogens with two attached hydrogens (primary N) is 1. The van der Waals surface area contributed by atoms with Crippen LogP contribution in [0.15, 0.2) is 24.3 Å². The van der Waals surface area contributed by atoms with Crippen LogP contribution in [0.5, 0.6) is 0 Å². The predicted molar refractivity (Wildman–Crippen MR) is 91.0 cm³/mol. The van der Waals surface area contributed by atoms with Gasteiger partial charge in [-0.1, -0.05) is 12.8 Å². The molecule has 1 saturated heterocycles. The highest BCUT2D eigenvalue weighted by atomic mass is 16.6. The van der Waals surface area contributed by atoms with E-state index in [9.17, 15) is 19.7 Å². The lowest BCUT2D eigenvalue weighted by atomic mass is 9.97. The van der Waals surface area contributed by atoms with E-state index >= 15 is 0 Å². The van der Waals surface area contributed by atoms with Gasteiger partial charge in [0.25, 0.3) is 11.6 Å². The minimum Gasteiger partial charge on any atom is -0.338 e. The number of carbonyl (C=O) groups is 2. The van der Waals surface area contributed by atoms with Crippen LogP contribution in [0.25, 0.3) is 0 Å². The van der Waals surface area contributed by atoms with Crippen LogP contribution in [0, 0.1) is 10.1 Å². The molecule has 0 unspecified atom stereocenters. The Morgan fingerprint density at radius 1 is 1.00 bits per heavy atom. The molecule has 0 bridgehead atoms. The van der Waals surface area contributed by atoms with E-state index < -0.39 is 10.5 Å². The molecule has 1 aromatic carbocycles. The maximum atomic E-state index is 12.6. The summed E-state index contributed by atoms with van der Waals surface area (Å²) < 4.78 is 0. The molecule has 1 aliphatic carbocycles. The van der Waals surface area contributed by atoms with Crippen LogP contribution in [0.2, 0.25) is 0 Å². The van der Waals surface area contributed by atoms with Crippen LogP contribution < -0.4 is 5.73 Å². The summed E-state index contributed by atoms with van der Waals surface area (Å²) in [4.78, 5) is 38.7. The fourth-order valence-electron chi connectivity index (χ4n) is 3.56. The van der Waals surface area contributed by atoms with Gasteiger partial charge in [0.1, 0.15) is 0 Å². The molecule has 1 aliphatic heterocycles. The molecule has 0 spiro atoms. The van der Waals surface area contributed by atoms with Crippen molar-refractivity contribution in [3.05, 3.63) is 39.9 Å². The molecule has 8 nitrogen and oxygen atoms in total. The maximum Gasteiger partial charge on any atom is 0.269 e. The van der Waals surface area contributed by atoms with Gasteiger partial charge in [0.15, 0.2) is 0 Å². The third-order valence-corrected chi connectivity index (χ3v) is 5.10. The SMILES string of the molecule is NC1(C(=O)N2CCN(C(=O)c3ccc([N+](=O)[O-])cc3)CC2)CCCC1. The topological polar surface area (TPSA) is 110 Å². The molecule has 2 aliphatic rings. The lowest BCUT2D eigenvalue weighted by molar-refractivity contribution is -0.384. The Hall–Kier alpha value is -2.48. The largest absolute Gasteiger partial charge is 0.338 e. The van der Waals surface area contributed by atoms with Gasteiger partial charge in [-0.05, 0) is 25.0 Å². The number of non-ortho nitro benzene ring substituents is 1. The summed E-state index contributed by atoms with van der Waals surface area (Å²) in [6.07, 6.45) is 3.43. The minimum atomic E-state index is -0.732. The highest BCUT2D eigenvalue weighted by Gasteiger charge is 2.40. The second-order valence-corrected chi connectivity index (χ2v) is 6.75. The molecule has 134 valence electrons. The van der Waals surface area contributed by atoms with E-state index in [0.29, 0.717) is 31.7 Å². The van der Waals surface area contributed by atoms with Crippen LogP contribution in [-0.4, -0.2) is 58.3 Å². The number of nitro benzene ring substituents is 1. The molecule has 1 saturated carbocycles. The van der Waals surface area contributed by atoms with Crippen LogP contribution in [0.1, 0.15) is 36.0 Å². The van der Waals surface area contributed by atoms with E-state index in [4.69, 9.17) is 5.73 Å². The molecule has 3 rings (SSSR count). The van der Waals surface area contributed by atoms with Crippen molar-refractivity contribution < 1.29 is 14.5 Å². The van der Waals surface area contributed by atoms with Gasteiger partial charge >= 0.3 is 0 Å². The zero-order valence-electron chi connectivity index (χ0n) is 14.0. The van der Waals surface area contributed by atoms with Crippen molar-refractivity contribution in [2.24, 2.45) is 5.73 Å². The molecule has 0 aromatic heterocycles. The smallest absolute Gasteiger partial charge is 0.269 e. The lowest BCUT2D eigenvalue weighted by Crippen LogP contribution is -2.59. The monoisotopic (exact) mass is 346 g/mol. The Kier molecular flexibility index (Phi) is 4.71. The fourth-order valence-corrected chi connectivity index (χ4v) is 3.56. The van der Waals surface area contributed by atoms with Crippen LogP contribution in [-0.2, 0) is 4.79 Å². The van der Waals surface area contributed by atoms with E-state index in [-0.39, 0.29) is 17.5 Å². The van der Waals surface area contributed by atoms with Crippen LogP contribution >= 0.6 is 0 Å². The van der Waals surface area contributed by atoms with Gasteiger partial charge in [-0.25, -0.2) is 0 Å². The van der Waals surface area contributed by atoms with E-state index in [1.54, 1.807) is 9.80 Å². The van der Waals surface area contributed by atoms with Crippen molar-refractivity contribution in [2.45, 2.75) is 31.2 Å². The van der Waals surface area contributed by atoms with E-state index in [1.165, 1.54) is 24.3 Å². The van der Waals surface area contributed by atoms with Gasteiger partial charge in [-0.3, -0.25) is 19.7 Å². The summed E-state index contributed by atoms with van der Waals surface area (Å²) in [7, 11) is 0. The van der Waals surface area contributed by atoms with Crippen LogP contribution in [0.4, 0.5) is 5.69 Å². The summed E-state index contributed by atoms with van der Waals surface area (Å²) in [5, 5.41) is 10.7. The van der Waals surface area contributed by atoms with E-state index in [1.807, 2.05) is 0 Å². The van der Waals surface area contributed by atoms with Crippen molar-refractivity contribution in [1.82, 2.24) is 9.80 Å². The molecule has 2 N–H and O–H groups in total. The van der Waals surface area contributed by atoms with Gasteiger partial charge < -0.3 is 15.5 Å². The number of hydrogen-bond donors (Lipinski definition) is 1. The van der Waals surface area contributed by atoms with Gasteiger partial charge in [0, 0.05) is 43.9 Å². The molecular formula is C17H22N4O4. The average molecular weight is 346 g/mol. The first-order valence-electron chi connectivity index (χ1n) is 8.53. The van der Waals surface area contributed by atoms with Crippen molar-refractivity contribution in [3.8, 4) is 0 Å². The molecule has 8 heteroatoms. The number of carbonyl (C=O) groups excluding carboxylic acids is 2. The normalized spacial score (nSPS) is 19.7. The highest BCUT2D eigenvalue weighted by Crippen LogP contribution is 2.29. The fraction of sp³-hybridized carbons (Fsp3) is 0.529. The second kappa shape index (κ2) is 6.79. The molecule has 1 heterocycles. The third kappa shape index (κ3) is 3.48. The molecule has 0 atom stereocenters. The van der Waals surface area contributed by atoms with Gasteiger partial charge in [-0.2, -0.15) is 0 Å². The summed E-state index contributed by atoms with van der Waals surface area (Å²) in [6, 6.07) is 5.58. The Morgan fingerprint density at radius 2 is 1.52 bits per heavy atom. The summed E-state index contributed by atoms with van der Waals surface area (Å²) in [5.74, 6) is -0.183. The number of piperazine rings is 1. The first-order valence-corrected chi connectivity index (χ1v) is 8.53. The summed E-state index contributed by atoms with van der Waals surface area (Å²) in [6.45, 7) is 1.82. The summed E-state index contributed by atoms with van der Waals surface area (Å²) >= 11 is 0. The first kappa shape index (κ1) is 17.3. The molecular weight excluding hydrogens is 324 g/mol. The predicted octanol–water partition coefficient (Wildman–Crippen LogP) is 1.15. The summed E-state index contributed by atoms with van der Waals surface area (Å²) in [5.41, 5.74) is 5.87. The molecule has 2 fully saturated rings. The Bertz CT molecular complexity index is 674. The highest BCUT2D eigenvalue weighted by molar-refractivity contribution is 5.94. The number of rotatable bonds is 3. The van der Waals surface area contributed by atoms with Gasteiger partial charge in [0.05, 0.1) is 10.5 Å². The Morgan fingerprint density at radius 3 is 2.04 bits per heavy atom. The van der Waals surface area contributed by atoms with Gasteiger partial charge in [0.2, 0.25) is 5.91 Å². The van der Waals surface area contributed by atoms with Crippen molar-refractivity contribution >= 4 is 17.5 Å². The van der Waals surface area contributed by atoms with Crippen molar-refractivity contribution in [3.63, 3.8) is 0 Å². The second-order valence-electron chi connectivity index (χ2n) is 6.75. The minimum absolute atomic E-state index is 0.00700. The Balaban J connectivity index is 1.59. The third-order valence-electron chi connectivity index (χ3n) is 5.10. The van der Waals surface area contributed by atoms with Crippen LogP contribution in [0.3, 0.4) is 0 Å². The number of benzene rings is 1. The zero-order valence-corrected chi connectivity index (χ0v) is 14.0. The average Bonchev–Trinajstić information content (AvgIpc) is 3.08. The zero-order chi connectivity index (χ0) is 18.0. The number of hydrogen-bond acceptors (Lipinski definition) is 5. The molecule has 0 radical (unpaired) electrons. The molecule has 25 heavy (non-hydrogen) atoms. The molecule has 1 aromatic rings.